The quantitative estimate of drug-likeness (QED) is 0.350. The third-order valence-corrected chi connectivity index (χ3v) is 7.24. The molecule has 136 valence electrons. The molecule has 0 aliphatic heterocycles. The van der Waals surface area contributed by atoms with Crippen molar-refractivity contribution in [1.82, 2.24) is 15.3 Å². The first kappa shape index (κ1) is 18.3. The van der Waals surface area contributed by atoms with Crippen molar-refractivity contribution in [2.45, 2.75) is 11.3 Å². The summed E-state index contributed by atoms with van der Waals surface area (Å²) in [6.45, 7) is 1.98. The van der Waals surface area contributed by atoms with E-state index < -0.39 is 0 Å². The largest absolute Gasteiger partial charge is 0.308 e. The molecule has 5 nitrogen and oxygen atoms in total. The van der Waals surface area contributed by atoms with E-state index in [1.807, 2.05) is 37.4 Å². The highest BCUT2D eigenvalue weighted by Gasteiger charge is 2.13. The number of nitrogens with zero attached hydrogens (tertiary/aromatic N) is 2. The van der Waals surface area contributed by atoms with Crippen LogP contribution in [0.1, 0.15) is 15.9 Å². The number of rotatable bonds is 3. The first-order valence-corrected chi connectivity index (χ1v) is 11.2. The Morgan fingerprint density at radius 1 is 1.04 bits per heavy atom. The fourth-order valence-corrected chi connectivity index (χ4v) is 5.42. The fourth-order valence-electron chi connectivity index (χ4n) is 2.50. The summed E-state index contributed by atoms with van der Waals surface area (Å²) in [4.78, 5) is 21.4. The number of thiocarbonyl (C=S) groups is 1. The van der Waals surface area contributed by atoms with Crippen LogP contribution in [0.3, 0.4) is 0 Å². The third kappa shape index (κ3) is 3.81. The summed E-state index contributed by atoms with van der Waals surface area (Å²) < 4.78 is 3.22. The maximum absolute atomic E-state index is 12.3. The SMILES string of the molecule is CSc1nc2ccc3nc(NC(=S)NC(=O)c4ccc(C)cc4)sc3c2s1. The summed E-state index contributed by atoms with van der Waals surface area (Å²) in [5, 5.41) is 6.58. The highest BCUT2D eigenvalue weighted by atomic mass is 32.2. The molecule has 2 aromatic heterocycles. The minimum Gasteiger partial charge on any atom is -0.308 e. The molecule has 9 heteroatoms. The molecular weight excluding hydrogens is 416 g/mol. The van der Waals surface area contributed by atoms with Gasteiger partial charge in [-0.2, -0.15) is 0 Å². The predicted octanol–water partition coefficient (Wildman–Crippen LogP) is 5.06. The Labute approximate surface area is 173 Å². The van der Waals surface area contributed by atoms with E-state index in [0.29, 0.717) is 10.7 Å². The molecule has 27 heavy (non-hydrogen) atoms. The number of aromatic nitrogens is 2. The molecule has 0 bridgehead atoms. The molecule has 2 aromatic carbocycles. The van der Waals surface area contributed by atoms with E-state index in [9.17, 15) is 4.79 Å². The van der Waals surface area contributed by atoms with Gasteiger partial charge < -0.3 is 5.32 Å². The number of nitrogens with one attached hydrogen (secondary N) is 2. The molecule has 4 aromatic rings. The average Bonchev–Trinajstić information content (AvgIpc) is 3.24. The van der Waals surface area contributed by atoms with Gasteiger partial charge in [0.15, 0.2) is 14.6 Å². The fraction of sp³-hybridized carbons (Fsp3) is 0.111. The molecule has 2 N–H and O–H groups in total. The van der Waals surface area contributed by atoms with E-state index in [0.717, 1.165) is 30.3 Å². The number of amides is 1. The predicted molar refractivity (Wildman–Crippen MR) is 119 cm³/mol. The van der Waals surface area contributed by atoms with Crippen molar-refractivity contribution in [3.63, 3.8) is 0 Å². The zero-order valence-corrected chi connectivity index (χ0v) is 17.7. The van der Waals surface area contributed by atoms with E-state index in [4.69, 9.17) is 12.2 Å². The highest BCUT2D eigenvalue weighted by Crippen LogP contribution is 2.37. The number of fused-ring (bicyclic) bond motifs is 3. The lowest BCUT2D eigenvalue weighted by molar-refractivity contribution is 0.0977. The van der Waals surface area contributed by atoms with Crippen LogP contribution in [0.25, 0.3) is 20.4 Å². The van der Waals surface area contributed by atoms with Crippen LogP contribution in [0.5, 0.6) is 0 Å². The topological polar surface area (TPSA) is 66.9 Å². The number of hydrogen-bond donors (Lipinski definition) is 2. The monoisotopic (exact) mass is 430 g/mol. The standard InChI is InChI=1S/C18H14N4OS4/c1-9-3-5-10(6-4-9)15(23)21-16(24)22-17-19-11-7-8-12-14(13(11)26-17)27-18(20-12)25-2/h3-8H,1-2H3,(H2,19,21,22,23,24). The Morgan fingerprint density at radius 2 is 1.70 bits per heavy atom. The van der Waals surface area contributed by atoms with Crippen molar-refractivity contribution >= 4 is 83.2 Å². The van der Waals surface area contributed by atoms with Crippen LogP contribution in [-0.2, 0) is 0 Å². The Hall–Kier alpha value is -2.07. The lowest BCUT2D eigenvalue weighted by atomic mass is 10.1. The van der Waals surface area contributed by atoms with E-state index in [1.54, 1.807) is 35.2 Å². The maximum atomic E-state index is 12.3. The van der Waals surface area contributed by atoms with Crippen molar-refractivity contribution in [3.8, 4) is 0 Å². The third-order valence-electron chi connectivity index (χ3n) is 3.83. The Morgan fingerprint density at radius 3 is 2.41 bits per heavy atom. The van der Waals surface area contributed by atoms with Crippen LogP contribution in [-0.4, -0.2) is 27.2 Å². The molecule has 0 saturated carbocycles. The number of aryl methyl sites for hydroxylation is 1. The van der Waals surface area contributed by atoms with Crippen molar-refractivity contribution in [2.75, 3.05) is 11.6 Å². The van der Waals surface area contributed by atoms with Gasteiger partial charge in [-0.1, -0.05) is 40.8 Å². The average molecular weight is 431 g/mol. The Kier molecular flexibility index (Phi) is 5.09. The number of benzene rings is 2. The van der Waals surface area contributed by atoms with Crippen LogP contribution < -0.4 is 10.6 Å². The van der Waals surface area contributed by atoms with Crippen LogP contribution in [0, 0.1) is 6.92 Å². The van der Waals surface area contributed by atoms with Gasteiger partial charge in [0.1, 0.15) is 0 Å². The van der Waals surface area contributed by atoms with Crippen LogP contribution in [0.15, 0.2) is 40.7 Å². The molecule has 0 fully saturated rings. The molecule has 0 saturated heterocycles. The Bertz CT molecular complexity index is 1160. The minimum absolute atomic E-state index is 0.227. The normalized spacial score (nSPS) is 11.0. The van der Waals surface area contributed by atoms with Gasteiger partial charge in [0.05, 0.1) is 20.4 Å². The van der Waals surface area contributed by atoms with E-state index >= 15 is 0 Å². The van der Waals surface area contributed by atoms with E-state index in [-0.39, 0.29) is 11.0 Å². The lowest BCUT2D eigenvalue weighted by Gasteiger charge is -2.07. The number of carbonyl (C=O) groups excluding carboxylic acids is 1. The molecule has 1 amide bonds. The minimum atomic E-state index is -0.247. The van der Waals surface area contributed by atoms with Crippen molar-refractivity contribution in [2.24, 2.45) is 0 Å². The summed E-state index contributed by atoms with van der Waals surface area (Å²) >= 11 is 10.1. The lowest BCUT2D eigenvalue weighted by Crippen LogP contribution is -2.34. The summed E-state index contributed by atoms with van der Waals surface area (Å²) in [7, 11) is 0. The first-order chi connectivity index (χ1) is 13.0. The molecule has 0 unspecified atom stereocenters. The van der Waals surface area contributed by atoms with Crippen LogP contribution in [0.4, 0.5) is 5.13 Å². The Balaban J connectivity index is 1.53. The van der Waals surface area contributed by atoms with Crippen LogP contribution >= 0.6 is 46.7 Å². The number of carbonyl (C=O) groups is 1. The van der Waals surface area contributed by atoms with Gasteiger partial charge in [-0.3, -0.25) is 10.1 Å². The number of hydrogen-bond acceptors (Lipinski definition) is 7. The number of thioether (sulfide) groups is 1. The highest BCUT2D eigenvalue weighted by molar-refractivity contribution is 8.00. The molecule has 0 atom stereocenters. The van der Waals surface area contributed by atoms with Crippen molar-refractivity contribution < 1.29 is 4.79 Å². The first-order valence-electron chi connectivity index (χ1n) is 7.96. The van der Waals surface area contributed by atoms with Gasteiger partial charge in [0.25, 0.3) is 5.91 Å². The second-order valence-electron chi connectivity index (χ2n) is 5.74. The van der Waals surface area contributed by atoms with Gasteiger partial charge in [-0.25, -0.2) is 9.97 Å². The molecule has 2 heterocycles. The van der Waals surface area contributed by atoms with E-state index in [2.05, 4.69) is 20.6 Å². The summed E-state index contributed by atoms with van der Waals surface area (Å²) in [5.41, 5.74) is 3.52. The molecule has 0 spiro atoms. The molecule has 4 rings (SSSR count). The number of thiazole rings is 2. The maximum Gasteiger partial charge on any atom is 0.257 e. The molecular formula is C18H14N4OS4. The zero-order valence-electron chi connectivity index (χ0n) is 14.4. The number of anilines is 1. The summed E-state index contributed by atoms with van der Waals surface area (Å²) in [5.74, 6) is -0.247. The zero-order chi connectivity index (χ0) is 19.0. The second-order valence-corrected chi connectivity index (χ2v) is 9.20. The van der Waals surface area contributed by atoms with Gasteiger partial charge in [0.2, 0.25) is 0 Å². The van der Waals surface area contributed by atoms with Gasteiger partial charge >= 0.3 is 0 Å². The summed E-state index contributed by atoms with van der Waals surface area (Å²) in [6, 6.07) is 11.3. The second kappa shape index (κ2) is 7.51. The van der Waals surface area contributed by atoms with E-state index in [1.165, 1.54) is 11.3 Å². The van der Waals surface area contributed by atoms with Crippen molar-refractivity contribution in [3.05, 3.63) is 47.5 Å². The van der Waals surface area contributed by atoms with Gasteiger partial charge in [0, 0.05) is 5.56 Å². The summed E-state index contributed by atoms with van der Waals surface area (Å²) in [6.07, 6.45) is 2.02. The van der Waals surface area contributed by atoms with Gasteiger partial charge in [-0.15, -0.1) is 11.3 Å². The molecule has 0 radical (unpaired) electrons. The molecule has 0 aliphatic rings. The smallest absolute Gasteiger partial charge is 0.257 e. The van der Waals surface area contributed by atoms with Crippen LogP contribution in [0.2, 0.25) is 0 Å². The molecule has 0 aliphatic carbocycles. The van der Waals surface area contributed by atoms with Crippen molar-refractivity contribution in [1.29, 1.82) is 0 Å². The van der Waals surface area contributed by atoms with Gasteiger partial charge in [-0.05, 0) is 49.7 Å².